The first-order valence-corrected chi connectivity index (χ1v) is 10.4. The summed E-state index contributed by atoms with van der Waals surface area (Å²) in [6, 6.07) is 11.7. The molecule has 1 fully saturated rings. The SMILES string of the molecule is O=C1CCC(N2Cc3cccc(CNCc4cccc5c4CNC5)c3C2=O)C(=O)N1. The van der Waals surface area contributed by atoms with Gasteiger partial charge < -0.3 is 15.5 Å². The summed E-state index contributed by atoms with van der Waals surface area (Å²) in [5.74, 6) is -0.770. The van der Waals surface area contributed by atoms with Crippen LogP contribution in [0.1, 0.15) is 51.0 Å². The molecule has 7 heteroatoms. The lowest BCUT2D eigenvalue weighted by Crippen LogP contribution is -2.52. The van der Waals surface area contributed by atoms with Crippen LogP contribution in [-0.2, 0) is 42.3 Å². The number of rotatable bonds is 5. The topological polar surface area (TPSA) is 90.5 Å². The Bertz CT molecular complexity index is 1050. The van der Waals surface area contributed by atoms with E-state index < -0.39 is 6.04 Å². The molecule has 3 N–H and O–H groups in total. The maximum Gasteiger partial charge on any atom is 0.255 e. The molecule has 2 aromatic carbocycles. The van der Waals surface area contributed by atoms with Crippen LogP contribution in [0.5, 0.6) is 0 Å². The Morgan fingerprint density at radius 2 is 1.73 bits per heavy atom. The standard InChI is InChI=1S/C23H24N4O3/c28-20-8-7-19(22(29)26-20)27-13-17-6-2-5-16(21(17)23(27)30)11-24-9-14-3-1-4-15-10-25-12-18(14)15/h1-6,19,24-25H,7-13H2,(H,26,28,29). The lowest BCUT2D eigenvalue weighted by Gasteiger charge is -2.29. The molecule has 1 atom stereocenters. The van der Waals surface area contributed by atoms with E-state index in [1.165, 1.54) is 16.7 Å². The molecule has 0 bridgehead atoms. The van der Waals surface area contributed by atoms with Crippen molar-refractivity contribution < 1.29 is 14.4 Å². The highest BCUT2D eigenvalue weighted by atomic mass is 16.2. The number of carbonyl (C=O) groups excluding carboxylic acids is 3. The Morgan fingerprint density at radius 3 is 2.57 bits per heavy atom. The molecule has 30 heavy (non-hydrogen) atoms. The molecule has 154 valence electrons. The summed E-state index contributed by atoms with van der Waals surface area (Å²) in [7, 11) is 0. The zero-order valence-electron chi connectivity index (χ0n) is 16.7. The molecule has 3 aliphatic rings. The van der Waals surface area contributed by atoms with Crippen molar-refractivity contribution in [2.75, 3.05) is 0 Å². The zero-order valence-corrected chi connectivity index (χ0v) is 16.7. The van der Waals surface area contributed by atoms with Gasteiger partial charge in [0.1, 0.15) is 6.04 Å². The molecule has 1 saturated heterocycles. The summed E-state index contributed by atoms with van der Waals surface area (Å²) >= 11 is 0. The second kappa shape index (κ2) is 7.66. The number of carbonyl (C=O) groups is 3. The minimum atomic E-state index is -0.581. The van der Waals surface area contributed by atoms with E-state index in [0.29, 0.717) is 25.1 Å². The Morgan fingerprint density at radius 1 is 0.967 bits per heavy atom. The molecule has 7 nitrogen and oxygen atoms in total. The Kier molecular flexibility index (Phi) is 4.84. The van der Waals surface area contributed by atoms with E-state index in [1.807, 2.05) is 18.2 Å². The lowest BCUT2D eigenvalue weighted by atomic mass is 10.0. The molecule has 0 saturated carbocycles. The van der Waals surface area contributed by atoms with Crippen LogP contribution in [0.15, 0.2) is 36.4 Å². The molecule has 0 spiro atoms. The molecular formula is C23H24N4O3. The average Bonchev–Trinajstić information content (AvgIpc) is 3.34. The van der Waals surface area contributed by atoms with Crippen molar-refractivity contribution in [2.45, 2.75) is 51.6 Å². The van der Waals surface area contributed by atoms with Gasteiger partial charge in [-0.25, -0.2) is 0 Å². The number of benzene rings is 2. The summed E-state index contributed by atoms with van der Waals surface area (Å²) in [6.45, 7) is 3.54. The summed E-state index contributed by atoms with van der Waals surface area (Å²) in [5, 5.41) is 9.22. The van der Waals surface area contributed by atoms with Crippen molar-refractivity contribution in [2.24, 2.45) is 0 Å². The number of imide groups is 1. The summed E-state index contributed by atoms with van der Waals surface area (Å²) < 4.78 is 0. The summed E-state index contributed by atoms with van der Waals surface area (Å²) in [5.41, 5.74) is 6.57. The van der Waals surface area contributed by atoms with Crippen molar-refractivity contribution >= 4 is 17.7 Å². The predicted octanol–water partition coefficient (Wildman–Crippen LogP) is 1.34. The van der Waals surface area contributed by atoms with Crippen LogP contribution in [-0.4, -0.2) is 28.7 Å². The Hall–Kier alpha value is -3.03. The lowest BCUT2D eigenvalue weighted by molar-refractivity contribution is -0.136. The van der Waals surface area contributed by atoms with Crippen LogP contribution in [0.3, 0.4) is 0 Å². The monoisotopic (exact) mass is 404 g/mol. The number of nitrogens with zero attached hydrogens (tertiary/aromatic N) is 1. The first-order chi connectivity index (χ1) is 14.6. The number of fused-ring (bicyclic) bond motifs is 2. The highest BCUT2D eigenvalue weighted by molar-refractivity contribution is 6.05. The molecule has 0 radical (unpaired) electrons. The second-order valence-electron chi connectivity index (χ2n) is 8.11. The van der Waals surface area contributed by atoms with Gasteiger partial charge in [-0.15, -0.1) is 0 Å². The van der Waals surface area contributed by atoms with Gasteiger partial charge in [-0.3, -0.25) is 19.7 Å². The van der Waals surface area contributed by atoms with E-state index in [4.69, 9.17) is 0 Å². The first kappa shape index (κ1) is 19.0. The number of nitrogens with one attached hydrogen (secondary N) is 3. The molecule has 3 amide bonds. The Labute approximate surface area is 174 Å². The third-order valence-corrected chi connectivity index (χ3v) is 6.26. The van der Waals surface area contributed by atoms with E-state index in [9.17, 15) is 14.4 Å². The van der Waals surface area contributed by atoms with Gasteiger partial charge in [-0.2, -0.15) is 0 Å². The fraction of sp³-hybridized carbons (Fsp3) is 0.348. The van der Waals surface area contributed by atoms with Gasteiger partial charge in [0, 0.05) is 44.7 Å². The minimum Gasteiger partial charge on any atom is -0.322 e. The predicted molar refractivity (Wildman–Crippen MR) is 110 cm³/mol. The van der Waals surface area contributed by atoms with E-state index in [2.05, 4.69) is 34.1 Å². The molecular weight excluding hydrogens is 380 g/mol. The van der Waals surface area contributed by atoms with Crippen LogP contribution in [0.25, 0.3) is 0 Å². The zero-order chi connectivity index (χ0) is 20.7. The fourth-order valence-electron chi connectivity index (χ4n) is 4.74. The third kappa shape index (κ3) is 3.30. The van der Waals surface area contributed by atoms with Gasteiger partial charge in [-0.05, 0) is 34.2 Å². The fourth-order valence-corrected chi connectivity index (χ4v) is 4.74. The third-order valence-electron chi connectivity index (χ3n) is 6.26. The summed E-state index contributed by atoms with van der Waals surface area (Å²) in [6.07, 6.45) is 0.645. The number of hydrogen-bond donors (Lipinski definition) is 3. The number of piperidine rings is 1. The van der Waals surface area contributed by atoms with Crippen LogP contribution in [0.2, 0.25) is 0 Å². The Balaban J connectivity index is 1.30. The molecule has 3 aliphatic heterocycles. The maximum atomic E-state index is 13.2. The highest BCUT2D eigenvalue weighted by Gasteiger charge is 2.39. The smallest absolute Gasteiger partial charge is 0.255 e. The van der Waals surface area contributed by atoms with Crippen molar-refractivity contribution in [3.8, 4) is 0 Å². The molecule has 3 heterocycles. The van der Waals surface area contributed by atoms with E-state index in [0.717, 1.165) is 30.8 Å². The first-order valence-electron chi connectivity index (χ1n) is 10.4. The summed E-state index contributed by atoms with van der Waals surface area (Å²) in [4.78, 5) is 38.5. The highest BCUT2D eigenvalue weighted by Crippen LogP contribution is 2.30. The minimum absolute atomic E-state index is 0.123. The molecule has 0 aliphatic carbocycles. The van der Waals surface area contributed by atoms with Gasteiger partial charge in [0.15, 0.2) is 0 Å². The van der Waals surface area contributed by atoms with Crippen molar-refractivity contribution in [3.05, 3.63) is 69.8 Å². The van der Waals surface area contributed by atoms with Crippen LogP contribution >= 0.6 is 0 Å². The quantitative estimate of drug-likeness (QED) is 0.655. The van der Waals surface area contributed by atoms with Gasteiger partial charge in [0.05, 0.1) is 0 Å². The normalized spacial score (nSPS) is 20.3. The van der Waals surface area contributed by atoms with Crippen molar-refractivity contribution in [1.29, 1.82) is 0 Å². The van der Waals surface area contributed by atoms with Gasteiger partial charge in [0.25, 0.3) is 5.91 Å². The van der Waals surface area contributed by atoms with Gasteiger partial charge in [-0.1, -0.05) is 36.4 Å². The molecule has 0 aromatic heterocycles. The number of hydrogen-bond acceptors (Lipinski definition) is 5. The van der Waals surface area contributed by atoms with E-state index in [1.54, 1.807) is 4.90 Å². The van der Waals surface area contributed by atoms with Crippen LogP contribution in [0, 0.1) is 0 Å². The van der Waals surface area contributed by atoms with Crippen molar-refractivity contribution in [1.82, 2.24) is 20.9 Å². The largest absolute Gasteiger partial charge is 0.322 e. The van der Waals surface area contributed by atoms with Gasteiger partial charge in [0.2, 0.25) is 11.8 Å². The molecule has 2 aromatic rings. The van der Waals surface area contributed by atoms with Crippen LogP contribution < -0.4 is 16.0 Å². The average molecular weight is 404 g/mol. The molecule has 1 unspecified atom stereocenters. The van der Waals surface area contributed by atoms with E-state index >= 15 is 0 Å². The maximum absolute atomic E-state index is 13.2. The number of amides is 3. The van der Waals surface area contributed by atoms with Crippen molar-refractivity contribution in [3.63, 3.8) is 0 Å². The van der Waals surface area contributed by atoms with Gasteiger partial charge >= 0.3 is 0 Å². The molecule has 5 rings (SSSR count). The van der Waals surface area contributed by atoms with E-state index in [-0.39, 0.29) is 24.1 Å². The second-order valence-corrected chi connectivity index (χ2v) is 8.11. The van der Waals surface area contributed by atoms with Crippen LogP contribution in [0.4, 0.5) is 0 Å².